The maximum absolute atomic E-state index is 12.9. The fourth-order valence-corrected chi connectivity index (χ4v) is 6.61. The zero-order valence-electron chi connectivity index (χ0n) is 15.2. The fourth-order valence-electron chi connectivity index (χ4n) is 3.53. The first-order chi connectivity index (χ1) is 13.4. The normalized spacial score (nSPS) is 17.6. The van der Waals surface area contributed by atoms with E-state index in [1.165, 1.54) is 23.1 Å². The van der Waals surface area contributed by atoms with Gasteiger partial charge in [-0.25, -0.2) is 8.42 Å². The Labute approximate surface area is 172 Å². The number of hydrogen-bond donors (Lipinski definition) is 1. The summed E-state index contributed by atoms with van der Waals surface area (Å²) in [4.78, 5) is 14.7. The van der Waals surface area contributed by atoms with Gasteiger partial charge in [-0.1, -0.05) is 29.5 Å². The third-order valence-electron chi connectivity index (χ3n) is 4.94. The molecular formula is C17H21N5O3S3. The minimum absolute atomic E-state index is 0.0378. The molecule has 11 heteroatoms. The van der Waals surface area contributed by atoms with Crippen LogP contribution in [0, 0.1) is 0 Å². The average molecular weight is 440 g/mol. The summed E-state index contributed by atoms with van der Waals surface area (Å²) in [6, 6.07) is 5.10. The molecule has 2 aromatic rings. The number of thioether (sulfide) groups is 1. The zero-order valence-corrected chi connectivity index (χ0v) is 17.7. The number of sulfonamides is 1. The molecule has 1 fully saturated rings. The van der Waals surface area contributed by atoms with Crippen molar-refractivity contribution in [2.45, 2.75) is 34.9 Å². The summed E-state index contributed by atoms with van der Waals surface area (Å²) >= 11 is 2.56. The largest absolute Gasteiger partial charge is 0.374 e. The Morgan fingerprint density at radius 1 is 1.18 bits per heavy atom. The number of nitrogens with two attached hydrogens (primary N) is 1. The first-order valence-corrected chi connectivity index (χ1v) is 12.3. The van der Waals surface area contributed by atoms with Crippen molar-refractivity contribution in [1.29, 1.82) is 0 Å². The number of nitrogens with zero attached hydrogens (tertiary/aromatic N) is 4. The van der Waals surface area contributed by atoms with E-state index >= 15 is 0 Å². The van der Waals surface area contributed by atoms with Crippen LogP contribution in [0.25, 0.3) is 0 Å². The first kappa shape index (κ1) is 19.6. The monoisotopic (exact) mass is 439 g/mol. The summed E-state index contributed by atoms with van der Waals surface area (Å²) in [5.41, 5.74) is 7.25. The number of carbonyl (C=O) groups is 1. The van der Waals surface area contributed by atoms with E-state index in [0.29, 0.717) is 40.4 Å². The highest BCUT2D eigenvalue weighted by molar-refractivity contribution is 8.01. The van der Waals surface area contributed by atoms with Crippen molar-refractivity contribution in [3.05, 3.63) is 23.8 Å². The Morgan fingerprint density at radius 2 is 1.96 bits per heavy atom. The fraction of sp³-hybridized carbons (Fsp3) is 0.471. The lowest BCUT2D eigenvalue weighted by Gasteiger charge is -2.26. The molecule has 1 aromatic carbocycles. The average Bonchev–Trinajstić information content (AvgIpc) is 3.32. The molecule has 28 heavy (non-hydrogen) atoms. The third-order valence-corrected chi connectivity index (χ3v) is 8.71. The predicted octanol–water partition coefficient (Wildman–Crippen LogP) is 1.98. The van der Waals surface area contributed by atoms with Gasteiger partial charge in [0.15, 0.2) is 4.34 Å². The summed E-state index contributed by atoms with van der Waals surface area (Å²) in [5.74, 6) is 0.200. The topological polar surface area (TPSA) is 109 Å². The van der Waals surface area contributed by atoms with E-state index in [-0.39, 0.29) is 11.7 Å². The molecule has 0 atom stereocenters. The van der Waals surface area contributed by atoms with E-state index in [0.717, 1.165) is 30.5 Å². The van der Waals surface area contributed by atoms with E-state index in [9.17, 15) is 13.2 Å². The number of rotatable bonds is 5. The molecule has 0 aliphatic carbocycles. The van der Waals surface area contributed by atoms with Crippen LogP contribution in [0.15, 0.2) is 27.4 Å². The van der Waals surface area contributed by atoms with Crippen molar-refractivity contribution in [3.63, 3.8) is 0 Å². The molecule has 4 rings (SSSR count). The van der Waals surface area contributed by atoms with Crippen LogP contribution < -0.4 is 10.6 Å². The Bertz CT molecular complexity index is 986. The van der Waals surface area contributed by atoms with Crippen LogP contribution in [0.5, 0.6) is 0 Å². The summed E-state index contributed by atoms with van der Waals surface area (Å²) in [6.07, 6.45) is 3.55. The molecular weight excluding hydrogens is 418 g/mol. The highest BCUT2D eigenvalue weighted by Gasteiger charge is 2.30. The van der Waals surface area contributed by atoms with Crippen molar-refractivity contribution in [1.82, 2.24) is 14.5 Å². The zero-order chi connectivity index (χ0) is 19.7. The molecule has 2 N–H and O–H groups in total. The second kappa shape index (κ2) is 7.97. The van der Waals surface area contributed by atoms with E-state index in [1.807, 2.05) is 0 Å². The molecule has 0 unspecified atom stereocenters. The smallest absolute Gasteiger partial charge is 0.243 e. The van der Waals surface area contributed by atoms with Gasteiger partial charge in [-0.15, -0.1) is 10.2 Å². The number of nitrogen functional groups attached to an aromatic ring is 1. The Morgan fingerprint density at radius 3 is 2.68 bits per heavy atom. The van der Waals surface area contributed by atoms with Gasteiger partial charge in [0, 0.05) is 25.3 Å². The van der Waals surface area contributed by atoms with Gasteiger partial charge in [0.25, 0.3) is 0 Å². The first-order valence-electron chi connectivity index (χ1n) is 9.10. The van der Waals surface area contributed by atoms with Gasteiger partial charge in [-0.2, -0.15) is 4.31 Å². The van der Waals surface area contributed by atoms with Gasteiger partial charge in [0.1, 0.15) is 0 Å². The minimum atomic E-state index is -3.47. The summed E-state index contributed by atoms with van der Waals surface area (Å²) < 4.78 is 28.0. The number of amides is 1. The van der Waals surface area contributed by atoms with Crippen molar-refractivity contribution < 1.29 is 13.2 Å². The van der Waals surface area contributed by atoms with Crippen LogP contribution >= 0.6 is 23.1 Å². The predicted molar refractivity (Wildman–Crippen MR) is 110 cm³/mol. The maximum atomic E-state index is 12.9. The van der Waals surface area contributed by atoms with Gasteiger partial charge >= 0.3 is 0 Å². The lowest BCUT2D eigenvalue weighted by atomic mass is 10.2. The van der Waals surface area contributed by atoms with E-state index in [4.69, 9.17) is 5.73 Å². The van der Waals surface area contributed by atoms with Gasteiger partial charge in [0.2, 0.25) is 21.1 Å². The summed E-state index contributed by atoms with van der Waals surface area (Å²) in [6.45, 7) is 1.72. The molecule has 1 aromatic heterocycles. The van der Waals surface area contributed by atoms with Crippen LogP contribution in [0.2, 0.25) is 0 Å². The van der Waals surface area contributed by atoms with Crippen LogP contribution in [0.4, 0.5) is 10.8 Å². The van der Waals surface area contributed by atoms with Gasteiger partial charge in [-0.3, -0.25) is 4.79 Å². The van der Waals surface area contributed by atoms with Gasteiger partial charge < -0.3 is 10.6 Å². The van der Waals surface area contributed by atoms with E-state index in [2.05, 4.69) is 10.2 Å². The second-order valence-corrected chi connectivity index (χ2v) is 10.9. The van der Waals surface area contributed by atoms with Crippen LogP contribution in [-0.2, 0) is 21.2 Å². The molecule has 2 aliphatic rings. The highest BCUT2D eigenvalue weighted by Crippen LogP contribution is 2.33. The standard InChI is InChI=1S/C17H21N5O3S3/c18-16-19-20-17(27-16)26-11-15(23)22-9-6-12-10-13(4-5-14(12)22)28(24,25)21-7-2-1-3-8-21/h4-5,10H,1-3,6-9,11H2,(H2,18,19). The van der Waals surface area contributed by atoms with Crippen molar-refractivity contribution >= 4 is 49.8 Å². The third kappa shape index (κ3) is 3.88. The highest BCUT2D eigenvalue weighted by atomic mass is 32.2. The van der Waals surface area contributed by atoms with Crippen LogP contribution in [-0.4, -0.2) is 54.2 Å². The van der Waals surface area contributed by atoms with Crippen LogP contribution in [0.1, 0.15) is 24.8 Å². The van der Waals surface area contributed by atoms with Gasteiger partial charge in [0.05, 0.1) is 10.6 Å². The lowest BCUT2D eigenvalue weighted by molar-refractivity contribution is -0.116. The minimum Gasteiger partial charge on any atom is -0.374 e. The molecule has 1 amide bonds. The molecule has 150 valence electrons. The second-order valence-electron chi connectivity index (χ2n) is 6.75. The van der Waals surface area contributed by atoms with Crippen molar-refractivity contribution in [2.75, 3.05) is 36.0 Å². The lowest BCUT2D eigenvalue weighted by Crippen LogP contribution is -2.35. The number of carbonyl (C=O) groups excluding carboxylic acids is 1. The van der Waals surface area contributed by atoms with Crippen LogP contribution in [0.3, 0.4) is 0 Å². The summed E-state index contributed by atoms with van der Waals surface area (Å²) in [7, 11) is -3.47. The Kier molecular flexibility index (Phi) is 5.59. The van der Waals surface area contributed by atoms with Crippen molar-refractivity contribution in [3.8, 4) is 0 Å². The number of fused-ring (bicyclic) bond motifs is 1. The summed E-state index contributed by atoms with van der Waals surface area (Å²) in [5, 5.41) is 8.02. The van der Waals surface area contributed by atoms with Crippen molar-refractivity contribution in [2.24, 2.45) is 0 Å². The molecule has 8 nitrogen and oxygen atoms in total. The quantitative estimate of drug-likeness (QED) is 0.709. The van der Waals surface area contributed by atoms with E-state index in [1.54, 1.807) is 27.4 Å². The van der Waals surface area contributed by atoms with E-state index < -0.39 is 10.0 Å². The molecule has 0 saturated carbocycles. The van der Waals surface area contributed by atoms with Gasteiger partial charge in [-0.05, 0) is 43.0 Å². The number of benzene rings is 1. The molecule has 0 radical (unpaired) electrons. The number of anilines is 2. The number of aromatic nitrogens is 2. The molecule has 2 aliphatic heterocycles. The molecule has 0 bridgehead atoms. The number of piperidine rings is 1. The Hall–Kier alpha value is -1.69. The SMILES string of the molecule is Nc1nnc(SCC(=O)N2CCc3cc(S(=O)(=O)N4CCCCC4)ccc32)s1. The molecule has 0 spiro atoms. The molecule has 1 saturated heterocycles. The maximum Gasteiger partial charge on any atom is 0.243 e. The Balaban J connectivity index is 1.47. The number of hydrogen-bond acceptors (Lipinski definition) is 8. The molecule has 3 heterocycles.